The maximum atomic E-state index is 12.9. The summed E-state index contributed by atoms with van der Waals surface area (Å²) in [7, 11) is 0. The van der Waals surface area contributed by atoms with Gasteiger partial charge < -0.3 is 19.9 Å². The SMILES string of the molecule is CCCCOC(C)C(=O)N1CCN(C(=O)Nc2ccc(F)cc2)CC1. The smallest absolute Gasteiger partial charge is 0.321 e. The number of benzene rings is 1. The van der Waals surface area contributed by atoms with Crippen LogP contribution in [-0.4, -0.2) is 60.6 Å². The number of anilines is 1. The summed E-state index contributed by atoms with van der Waals surface area (Å²) < 4.78 is 18.4. The molecule has 0 aliphatic carbocycles. The Kier molecular flexibility index (Phi) is 7.18. The van der Waals surface area contributed by atoms with Crippen molar-refractivity contribution >= 4 is 17.6 Å². The minimum absolute atomic E-state index is 0.0327. The van der Waals surface area contributed by atoms with Crippen molar-refractivity contribution in [2.24, 2.45) is 0 Å². The lowest BCUT2D eigenvalue weighted by Gasteiger charge is -2.35. The molecule has 1 aliphatic rings. The van der Waals surface area contributed by atoms with Crippen LogP contribution in [0.5, 0.6) is 0 Å². The molecular weight excluding hydrogens is 325 g/mol. The first kappa shape index (κ1) is 19.2. The molecule has 1 aromatic carbocycles. The van der Waals surface area contributed by atoms with Crippen LogP contribution < -0.4 is 5.32 Å². The molecule has 0 saturated carbocycles. The number of ether oxygens (including phenoxy) is 1. The summed E-state index contributed by atoms with van der Waals surface area (Å²) in [6.45, 7) is 6.32. The highest BCUT2D eigenvalue weighted by Gasteiger charge is 2.27. The number of unbranched alkanes of at least 4 members (excludes halogenated alkanes) is 1. The molecule has 25 heavy (non-hydrogen) atoms. The summed E-state index contributed by atoms with van der Waals surface area (Å²) >= 11 is 0. The zero-order valence-electron chi connectivity index (χ0n) is 14.8. The number of rotatable bonds is 6. The van der Waals surface area contributed by atoms with Gasteiger partial charge in [0.2, 0.25) is 0 Å². The van der Waals surface area contributed by atoms with E-state index in [0.29, 0.717) is 38.5 Å². The average Bonchev–Trinajstić information content (AvgIpc) is 2.63. The fourth-order valence-electron chi connectivity index (χ4n) is 2.60. The molecule has 0 aromatic heterocycles. The number of halogens is 1. The van der Waals surface area contributed by atoms with E-state index in [-0.39, 0.29) is 17.8 Å². The van der Waals surface area contributed by atoms with Crippen molar-refractivity contribution in [3.05, 3.63) is 30.1 Å². The third kappa shape index (κ3) is 5.70. The topological polar surface area (TPSA) is 61.9 Å². The van der Waals surface area contributed by atoms with E-state index in [1.165, 1.54) is 24.3 Å². The molecule has 1 unspecified atom stereocenters. The molecule has 0 bridgehead atoms. The van der Waals surface area contributed by atoms with Gasteiger partial charge in [-0.2, -0.15) is 0 Å². The van der Waals surface area contributed by atoms with Gasteiger partial charge in [0.25, 0.3) is 5.91 Å². The zero-order valence-corrected chi connectivity index (χ0v) is 14.8. The lowest BCUT2D eigenvalue weighted by Crippen LogP contribution is -2.53. The Morgan fingerprint density at radius 1 is 1.16 bits per heavy atom. The standard InChI is InChI=1S/C18H26FN3O3/c1-3-4-13-25-14(2)17(23)21-9-11-22(12-10-21)18(24)20-16-7-5-15(19)6-8-16/h5-8,14H,3-4,9-13H2,1-2H3,(H,20,24). The van der Waals surface area contributed by atoms with Crippen molar-refractivity contribution < 1.29 is 18.7 Å². The number of piperazine rings is 1. The van der Waals surface area contributed by atoms with E-state index in [0.717, 1.165) is 12.8 Å². The number of nitrogens with zero attached hydrogens (tertiary/aromatic N) is 2. The summed E-state index contributed by atoms with van der Waals surface area (Å²) in [5, 5.41) is 2.73. The van der Waals surface area contributed by atoms with E-state index in [1.54, 1.807) is 16.7 Å². The molecule has 3 amide bonds. The Bertz CT molecular complexity index is 571. The Morgan fingerprint density at radius 2 is 1.76 bits per heavy atom. The molecule has 6 nitrogen and oxygen atoms in total. The normalized spacial score (nSPS) is 15.8. The number of hydrogen-bond donors (Lipinski definition) is 1. The van der Waals surface area contributed by atoms with E-state index in [1.807, 2.05) is 0 Å². The van der Waals surface area contributed by atoms with Crippen LogP contribution in [0.2, 0.25) is 0 Å². The molecule has 1 aliphatic heterocycles. The van der Waals surface area contributed by atoms with Crippen LogP contribution in [0.3, 0.4) is 0 Å². The summed E-state index contributed by atoms with van der Waals surface area (Å²) in [4.78, 5) is 28.0. The van der Waals surface area contributed by atoms with Gasteiger partial charge in [-0.3, -0.25) is 4.79 Å². The molecule has 1 heterocycles. The van der Waals surface area contributed by atoms with Gasteiger partial charge >= 0.3 is 6.03 Å². The Balaban J connectivity index is 1.77. The molecule has 1 fully saturated rings. The maximum absolute atomic E-state index is 12.9. The molecule has 1 N–H and O–H groups in total. The lowest BCUT2D eigenvalue weighted by molar-refractivity contribution is -0.144. The van der Waals surface area contributed by atoms with Crippen molar-refractivity contribution in [1.82, 2.24) is 9.80 Å². The van der Waals surface area contributed by atoms with E-state index < -0.39 is 6.10 Å². The van der Waals surface area contributed by atoms with Crippen molar-refractivity contribution in [1.29, 1.82) is 0 Å². The number of nitrogens with one attached hydrogen (secondary N) is 1. The third-order valence-corrected chi connectivity index (χ3v) is 4.19. The van der Waals surface area contributed by atoms with Gasteiger partial charge in [-0.1, -0.05) is 13.3 Å². The Hall–Kier alpha value is -2.15. The summed E-state index contributed by atoms with van der Waals surface area (Å²) in [5.74, 6) is -0.380. The first-order valence-electron chi connectivity index (χ1n) is 8.73. The molecule has 138 valence electrons. The monoisotopic (exact) mass is 351 g/mol. The minimum atomic E-state index is -0.453. The fourth-order valence-corrected chi connectivity index (χ4v) is 2.60. The predicted molar refractivity (Wildman–Crippen MR) is 93.9 cm³/mol. The molecule has 1 saturated heterocycles. The molecular formula is C18H26FN3O3. The average molecular weight is 351 g/mol. The predicted octanol–water partition coefficient (Wildman–Crippen LogP) is 2.71. The molecule has 0 spiro atoms. The summed E-state index contributed by atoms with van der Waals surface area (Å²) in [6, 6.07) is 5.38. The van der Waals surface area contributed by atoms with Crippen molar-refractivity contribution in [2.45, 2.75) is 32.8 Å². The van der Waals surface area contributed by atoms with Gasteiger partial charge in [0, 0.05) is 38.5 Å². The van der Waals surface area contributed by atoms with E-state index in [2.05, 4.69) is 12.2 Å². The number of carbonyl (C=O) groups excluding carboxylic acids is 2. The van der Waals surface area contributed by atoms with Crippen LogP contribution in [0.15, 0.2) is 24.3 Å². The van der Waals surface area contributed by atoms with Crippen LogP contribution in [0.4, 0.5) is 14.9 Å². The number of amides is 3. The Labute approximate surface area is 147 Å². The Morgan fingerprint density at radius 3 is 2.36 bits per heavy atom. The highest BCUT2D eigenvalue weighted by Crippen LogP contribution is 2.11. The van der Waals surface area contributed by atoms with Gasteiger partial charge in [-0.15, -0.1) is 0 Å². The second-order valence-corrected chi connectivity index (χ2v) is 6.12. The first-order valence-corrected chi connectivity index (χ1v) is 8.73. The highest BCUT2D eigenvalue weighted by atomic mass is 19.1. The first-order chi connectivity index (χ1) is 12.0. The van der Waals surface area contributed by atoms with Crippen LogP contribution >= 0.6 is 0 Å². The molecule has 7 heteroatoms. The summed E-state index contributed by atoms with van der Waals surface area (Å²) in [6.07, 6.45) is 1.52. The van der Waals surface area contributed by atoms with Crippen molar-refractivity contribution in [2.75, 3.05) is 38.1 Å². The zero-order chi connectivity index (χ0) is 18.2. The maximum Gasteiger partial charge on any atom is 0.321 e. The van der Waals surface area contributed by atoms with Crippen LogP contribution in [-0.2, 0) is 9.53 Å². The molecule has 1 aromatic rings. The second kappa shape index (κ2) is 9.36. The number of hydrogen-bond acceptors (Lipinski definition) is 3. The van der Waals surface area contributed by atoms with Crippen molar-refractivity contribution in [3.63, 3.8) is 0 Å². The highest BCUT2D eigenvalue weighted by molar-refractivity contribution is 5.89. The summed E-state index contributed by atoms with van der Waals surface area (Å²) in [5.41, 5.74) is 0.544. The molecule has 1 atom stereocenters. The van der Waals surface area contributed by atoms with Crippen molar-refractivity contribution in [3.8, 4) is 0 Å². The quantitative estimate of drug-likeness (QED) is 0.802. The van der Waals surface area contributed by atoms with Gasteiger partial charge in [-0.05, 0) is 37.6 Å². The number of carbonyl (C=O) groups is 2. The van der Waals surface area contributed by atoms with E-state index in [4.69, 9.17) is 4.74 Å². The van der Waals surface area contributed by atoms with E-state index in [9.17, 15) is 14.0 Å². The lowest BCUT2D eigenvalue weighted by atomic mass is 10.2. The van der Waals surface area contributed by atoms with Gasteiger partial charge in [0.15, 0.2) is 0 Å². The van der Waals surface area contributed by atoms with E-state index >= 15 is 0 Å². The third-order valence-electron chi connectivity index (χ3n) is 4.19. The molecule has 0 radical (unpaired) electrons. The van der Waals surface area contributed by atoms with Crippen LogP contribution in [0.1, 0.15) is 26.7 Å². The minimum Gasteiger partial charge on any atom is -0.369 e. The van der Waals surface area contributed by atoms with Gasteiger partial charge in [0.05, 0.1) is 0 Å². The van der Waals surface area contributed by atoms with Crippen LogP contribution in [0.25, 0.3) is 0 Å². The largest absolute Gasteiger partial charge is 0.369 e. The van der Waals surface area contributed by atoms with Crippen LogP contribution in [0, 0.1) is 5.82 Å². The van der Waals surface area contributed by atoms with Gasteiger partial charge in [-0.25, -0.2) is 9.18 Å². The van der Waals surface area contributed by atoms with Gasteiger partial charge in [0.1, 0.15) is 11.9 Å². The second-order valence-electron chi connectivity index (χ2n) is 6.12. The number of urea groups is 1. The molecule has 2 rings (SSSR count). The fraction of sp³-hybridized carbons (Fsp3) is 0.556.